The Morgan fingerprint density at radius 1 is 0.944 bits per heavy atom. The van der Waals surface area contributed by atoms with Crippen molar-refractivity contribution in [3.05, 3.63) is 0 Å². The van der Waals surface area contributed by atoms with Crippen LogP contribution in [0.3, 0.4) is 0 Å². The molecule has 2 saturated heterocycles. The molecule has 0 aromatic rings. The van der Waals surface area contributed by atoms with Gasteiger partial charge < -0.3 is 14.2 Å². The molecule has 0 radical (unpaired) electrons. The predicted molar refractivity (Wildman–Crippen MR) is 63.0 cm³/mol. The summed E-state index contributed by atoms with van der Waals surface area (Å²) in [5, 5.41) is 0. The van der Waals surface area contributed by atoms with Gasteiger partial charge in [0.25, 0.3) is 0 Å². The van der Waals surface area contributed by atoms with E-state index in [-0.39, 0.29) is 11.9 Å². The van der Waals surface area contributed by atoms with Gasteiger partial charge in [-0.3, -0.25) is 4.79 Å². The first-order chi connectivity index (χ1) is 8.79. The molecule has 0 amide bonds. The number of esters is 1. The summed E-state index contributed by atoms with van der Waals surface area (Å²) in [6.07, 6.45) is 8.03. The van der Waals surface area contributed by atoms with Crippen molar-refractivity contribution in [1.82, 2.24) is 0 Å². The van der Waals surface area contributed by atoms with Gasteiger partial charge in [-0.15, -0.1) is 0 Å². The van der Waals surface area contributed by atoms with Crippen molar-refractivity contribution in [1.29, 1.82) is 0 Å². The summed E-state index contributed by atoms with van der Waals surface area (Å²) in [5.74, 6) is 0.608. The molecule has 0 N–H and O–H groups in total. The highest BCUT2D eigenvalue weighted by molar-refractivity contribution is 5.72. The van der Waals surface area contributed by atoms with Crippen molar-refractivity contribution in [3.63, 3.8) is 0 Å². The number of fused-ring (bicyclic) bond motifs is 2. The number of carbonyl (C=O) groups excluding carboxylic acids is 1. The van der Waals surface area contributed by atoms with Crippen molar-refractivity contribution in [2.75, 3.05) is 6.61 Å². The van der Waals surface area contributed by atoms with E-state index in [1.165, 1.54) is 0 Å². The average molecular weight is 252 g/mol. The minimum absolute atomic E-state index is 0.00258. The van der Waals surface area contributed by atoms with Crippen molar-refractivity contribution >= 4 is 5.97 Å². The molecule has 4 heteroatoms. The van der Waals surface area contributed by atoms with Crippen molar-refractivity contribution in [2.45, 2.75) is 62.9 Å². The Labute approximate surface area is 107 Å². The van der Waals surface area contributed by atoms with Crippen LogP contribution in [-0.4, -0.2) is 37.0 Å². The van der Waals surface area contributed by atoms with Gasteiger partial charge in [0.05, 0.1) is 36.9 Å². The molecule has 4 rings (SSSR count). The number of hydrogen-bond donors (Lipinski definition) is 0. The van der Waals surface area contributed by atoms with E-state index < -0.39 is 0 Å². The van der Waals surface area contributed by atoms with E-state index in [4.69, 9.17) is 14.2 Å². The lowest BCUT2D eigenvalue weighted by atomic mass is 9.89. The summed E-state index contributed by atoms with van der Waals surface area (Å²) < 4.78 is 16.4. The molecule has 6 atom stereocenters. The molecule has 18 heavy (non-hydrogen) atoms. The van der Waals surface area contributed by atoms with Crippen LogP contribution in [0, 0.1) is 11.8 Å². The fraction of sp³-hybridized carbons (Fsp3) is 0.929. The second kappa shape index (κ2) is 4.20. The molecule has 4 nitrogen and oxygen atoms in total. The highest BCUT2D eigenvalue weighted by Crippen LogP contribution is 2.41. The first kappa shape index (κ1) is 11.2. The third kappa shape index (κ3) is 2.16. The maximum absolute atomic E-state index is 12.0. The maximum Gasteiger partial charge on any atom is 0.309 e. The molecular formula is C14H20O4. The average Bonchev–Trinajstić information content (AvgIpc) is 3.26. The summed E-state index contributed by atoms with van der Waals surface area (Å²) in [6.45, 7) is 0.594. The van der Waals surface area contributed by atoms with Crippen molar-refractivity contribution in [2.24, 2.45) is 11.8 Å². The topological polar surface area (TPSA) is 51.4 Å². The van der Waals surface area contributed by atoms with E-state index in [0.717, 1.165) is 38.5 Å². The Kier molecular flexibility index (Phi) is 2.62. The fourth-order valence-electron chi connectivity index (χ4n) is 3.57. The Bertz CT molecular complexity index is 356. The molecule has 4 fully saturated rings. The van der Waals surface area contributed by atoms with Crippen LogP contribution in [0.1, 0.15) is 38.5 Å². The number of hydrogen-bond acceptors (Lipinski definition) is 4. The summed E-state index contributed by atoms with van der Waals surface area (Å²) in [5.41, 5.74) is 0. The zero-order valence-electron chi connectivity index (χ0n) is 10.5. The first-order valence-corrected chi connectivity index (χ1v) is 7.27. The highest BCUT2D eigenvalue weighted by Gasteiger charge is 2.47. The van der Waals surface area contributed by atoms with E-state index in [2.05, 4.69) is 0 Å². The SMILES string of the molecule is O=C(OCC1CCC2OC2C1)[C@H]1CCC2OC2C1. The third-order valence-corrected chi connectivity index (χ3v) is 4.91. The van der Waals surface area contributed by atoms with Gasteiger partial charge in [-0.1, -0.05) is 0 Å². The first-order valence-electron chi connectivity index (χ1n) is 7.27. The summed E-state index contributed by atoms with van der Waals surface area (Å²) >= 11 is 0. The quantitative estimate of drug-likeness (QED) is 0.566. The second-order valence-corrected chi connectivity index (χ2v) is 6.25. The zero-order valence-corrected chi connectivity index (χ0v) is 10.5. The number of rotatable bonds is 3. The molecular weight excluding hydrogens is 232 g/mol. The zero-order chi connectivity index (χ0) is 12.1. The molecule has 2 aliphatic carbocycles. The Morgan fingerprint density at radius 3 is 2.39 bits per heavy atom. The molecule has 2 aliphatic heterocycles. The van der Waals surface area contributed by atoms with Crippen LogP contribution in [0.15, 0.2) is 0 Å². The molecule has 2 heterocycles. The summed E-state index contributed by atoms with van der Waals surface area (Å²) in [7, 11) is 0. The van der Waals surface area contributed by atoms with Crippen LogP contribution >= 0.6 is 0 Å². The smallest absolute Gasteiger partial charge is 0.309 e. The minimum atomic E-state index is 0.00258. The lowest BCUT2D eigenvalue weighted by molar-refractivity contribution is -0.151. The third-order valence-electron chi connectivity index (χ3n) is 4.91. The molecule has 5 unspecified atom stereocenters. The molecule has 0 spiro atoms. The molecule has 0 aromatic heterocycles. The molecule has 2 saturated carbocycles. The Balaban J connectivity index is 1.23. The van der Waals surface area contributed by atoms with E-state index in [1.807, 2.05) is 0 Å². The Morgan fingerprint density at radius 2 is 1.67 bits per heavy atom. The van der Waals surface area contributed by atoms with Crippen molar-refractivity contribution in [3.8, 4) is 0 Å². The van der Waals surface area contributed by atoms with E-state index in [1.54, 1.807) is 0 Å². The lowest BCUT2D eigenvalue weighted by Crippen LogP contribution is -2.27. The monoisotopic (exact) mass is 252 g/mol. The standard InChI is InChI=1S/C14H20O4/c15-14(9-2-4-11-13(6-9)18-11)16-7-8-1-3-10-12(5-8)17-10/h8-13H,1-7H2/t8?,9-,10?,11?,12?,13?/m0/s1. The van der Waals surface area contributed by atoms with Crippen LogP contribution < -0.4 is 0 Å². The van der Waals surface area contributed by atoms with Gasteiger partial charge in [0.1, 0.15) is 0 Å². The fourth-order valence-corrected chi connectivity index (χ4v) is 3.57. The number of carbonyl (C=O) groups is 1. The van der Waals surface area contributed by atoms with Crippen LogP contribution in [-0.2, 0) is 19.0 Å². The molecule has 0 bridgehead atoms. The number of ether oxygens (including phenoxy) is 3. The van der Waals surface area contributed by atoms with E-state index >= 15 is 0 Å². The van der Waals surface area contributed by atoms with Gasteiger partial charge in [-0.05, 0) is 44.4 Å². The van der Waals surface area contributed by atoms with Gasteiger partial charge in [-0.2, -0.15) is 0 Å². The maximum atomic E-state index is 12.0. The summed E-state index contributed by atoms with van der Waals surface area (Å²) in [6, 6.07) is 0. The van der Waals surface area contributed by atoms with Crippen LogP contribution in [0.25, 0.3) is 0 Å². The molecule has 4 aliphatic rings. The van der Waals surface area contributed by atoms with Gasteiger partial charge in [0.15, 0.2) is 0 Å². The Hall–Kier alpha value is -0.610. The number of epoxide rings is 2. The largest absolute Gasteiger partial charge is 0.465 e. The molecule has 0 aromatic carbocycles. The van der Waals surface area contributed by atoms with Crippen LogP contribution in [0.2, 0.25) is 0 Å². The van der Waals surface area contributed by atoms with Crippen LogP contribution in [0.4, 0.5) is 0 Å². The van der Waals surface area contributed by atoms with E-state index in [9.17, 15) is 4.79 Å². The van der Waals surface area contributed by atoms with Gasteiger partial charge in [-0.25, -0.2) is 0 Å². The normalized spacial score (nSPS) is 48.9. The predicted octanol–water partition coefficient (Wildman–Crippen LogP) is 1.66. The van der Waals surface area contributed by atoms with Gasteiger partial charge in [0, 0.05) is 0 Å². The second-order valence-electron chi connectivity index (χ2n) is 6.25. The van der Waals surface area contributed by atoms with Crippen molar-refractivity contribution < 1.29 is 19.0 Å². The van der Waals surface area contributed by atoms with Crippen LogP contribution in [0.5, 0.6) is 0 Å². The minimum Gasteiger partial charge on any atom is -0.465 e. The van der Waals surface area contributed by atoms with E-state index in [0.29, 0.717) is 36.9 Å². The molecule has 100 valence electrons. The lowest BCUT2D eigenvalue weighted by Gasteiger charge is -2.21. The summed E-state index contributed by atoms with van der Waals surface area (Å²) in [4.78, 5) is 12.0. The van der Waals surface area contributed by atoms with Gasteiger partial charge in [0.2, 0.25) is 0 Å². The highest BCUT2D eigenvalue weighted by atomic mass is 16.6. The van der Waals surface area contributed by atoms with Gasteiger partial charge >= 0.3 is 5.97 Å².